The Bertz CT molecular complexity index is 913. The van der Waals surface area contributed by atoms with Gasteiger partial charge >= 0.3 is 6.18 Å². The fraction of sp³-hybridized carbons (Fsp3) is 0.235. The molecule has 2 aromatic heterocycles. The number of carbonyl (C=O) groups excluding carboxylic acids is 1. The Morgan fingerprint density at radius 3 is 2.50 bits per heavy atom. The number of benzene rings is 1. The SMILES string of the molecule is Cc1ccccc1Cn1ccc(NC(=O)Cn2ccc(C(F)(F)F)n2)n1. The minimum Gasteiger partial charge on any atom is -0.308 e. The van der Waals surface area contributed by atoms with Gasteiger partial charge in [-0.15, -0.1) is 0 Å². The van der Waals surface area contributed by atoms with E-state index in [1.54, 1.807) is 16.9 Å². The number of alkyl halides is 3. The standard InChI is InChI=1S/C17H16F3N5O/c1-12-4-2-3-5-13(12)10-24-9-7-15(23-24)21-16(26)11-25-8-6-14(22-25)17(18,19)20/h2-9H,10-11H2,1H3,(H,21,23,26). The van der Waals surface area contributed by atoms with Crippen molar-refractivity contribution in [3.8, 4) is 0 Å². The number of halogens is 3. The summed E-state index contributed by atoms with van der Waals surface area (Å²) in [6.45, 7) is 2.22. The molecule has 26 heavy (non-hydrogen) atoms. The van der Waals surface area contributed by atoms with E-state index >= 15 is 0 Å². The van der Waals surface area contributed by atoms with E-state index < -0.39 is 17.8 Å². The van der Waals surface area contributed by atoms with Gasteiger partial charge in [0.2, 0.25) is 5.91 Å². The Morgan fingerprint density at radius 1 is 1.08 bits per heavy atom. The molecule has 0 aliphatic heterocycles. The van der Waals surface area contributed by atoms with Gasteiger partial charge in [0, 0.05) is 18.5 Å². The van der Waals surface area contributed by atoms with Gasteiger partial charge in [-0.1, -0.05) is 24.3 Å². The third-order valence-corrected chi connectivity index (χ3v) is 3.74. The summed E-state index contributed by atoms with van der Waals surface area (Å²) in [4.78, 5) is 12.0. The minimum atomic E-state index is -4.53. The van der Waals surface area contributed by atoms with Gasteiger partial charge in [-0.25, -0.2) is 0 Å². The Kier molecular flexibility index (Phi) is 4.79. The number of carbonyl (C=O) groups is 1. The van der Waals surface area contributed by atoms with Gasteiger partial charge in [-0.05, 0) is 24.1 Å². The van der Waals surface area contributed by atoms with Crippen LogP contribution in [-0.2, 0) is 24.1 Å². The molecule has 0 fully saturated rings. The third kappa shape index (κ3) is 4.29. The van der Waals surface area contributed by atoms with E-state index in [-0.39, 0.29) is 6.54 Å². The zero-order valence-corrected chi connectivity index (χ0v) is 13.9. The topological polar surface area (TPSA) is 64.7 Å². The molecule has 1 N–H and O–H groups in total. The highest BCUT2D eigenvalue weighted by molar-refractivity contribution is 5.89. The maximum atomic E-state index is 12.5. The van der Waals surface area contributed by atoms with E-state index in [9.17, 15) is 18.0 Å². The molecule has 0 bridgehead atoms. The molecular weight excluding hydrogens is 347 g/mol. The van der Waals surface area contributed by atoms with Crippen LogP contribution in [0.25, 0.3) is 0 Å². The third-order valence-electron chi connectivity index (χ3n) is 3.74. The number of nitrogens with one attached hydrogen (secondary N) is 1. The van der Waals surface area contributed by atoms with Gasteiger partial charge in [-0.2, -0.15) is 23.4 Å². The van der Waals surface area contributed by atoms with E-state index in [1.165, 1.54) is 0 Å². The summed E-state index contributed by atoms with van der Waals surface area (Å²) < 4.78 is 40.1. The van der Waals surface area contributed by atoms with Gasteiger partial charge in [0.25, 0.3) is 0 Å². The van der Waals surface area contributed by atoms with Crippen LogP contribution in [0.1, 0.15) is 16.8 Å². The Labute approximate surface area is 147 Å². The van der Waals surface area contributed by atoms with Crippen molar-refractivity contribution in [2.75, 3.05) is 5.32 Å². The molecular formula is C17H16F3N5O. The Morgan fingerprint density at radius 2 is 1.81 bits per heavy atom. The largest absolute Gasteiger partial charge is 0.435 e. The van der Waals surface area contributed by atoms with Crippen LogP contribution in [0.5, 0.6) is 0 Å². The first-order valence-corrected chi connectivity index (χ1v) is 7.80. The molecule has 1 amide bonds. The summed E-state index contributed by atoms with van der Waals surface area (Å²) in [6.07, 6.45) is -1.70. The van der Waals surface area contributed by atoms with E-state index in [2.05, 4.69) is 15.5 Å². The summed E-state index contributed by atoms with van der Waals surface area (Å²) in [6, 6.07) is 10.3. The summed E-state index contributed by atoms with van der Waals surface area (Å²) in [5.74, 6) is -0.185. The zero-order valence-electron chi connectivity index (χ0n) is 13.9. The first-order chi connectivity index (χ1) is 12.3. The van der Waals surface area contributed by atoms with Crippen LogP contribution in [0.15, 0.2) is 48.8 Å². The number of hydrogen-bond acceptors (Lipinski definition) is 3. The predicted octanol–water partition coefficient (Wildman–Crippen LogP) is 3.09. The highest BCUT2D eigenvalue weighted by Crippen LogP contribution is 2.27. The highest BCUT2D eigenvalue weighted by atomic mass is 19.4. The zero-order chi connectivity index (χ0) is 18.7. The van der Waals surface area contributed by atoms with Gasteiger partial charge in [0.1, 0.15) is 6.54 Å². The maximum absolute atomic E-state index is 12.5. The molecule has 0 spiro atoms. The fourth-order valence-electron chi connectivity index (χ4n) is 2.41. The second kappa shape index (κ2) is 7.03. The lowest BCUT2D eigenvalue weighted by Gasteiger charge is -2.06. The van der Waals surface area contributed by atoms with Gasteiger partial charge in [0.15, 0.2) is 11.5 Å². The van der Waals surface area contributed by atoms with Gasteiger partial charge < -0.3 is 5.32 Å². The first-order valence-electron chi connectivity index (χ1n) is 7.80. The summed E-state index contributed by atoms with van der Waals surface area (Å²) >= 11 is 0. The number of aromatic nitrogens is 4. The molecule has 0 atom stereocenters. The van der Waals surface area contributed by atoms with Gasteiger partial charge in [0.05, 0.1) is 6.54 Å². The molecule has 3 aromatic rings. The minimum absolute atomic E-state index is 0.326. The Hall–Kier alpha value is -3.10. The molecule has 0 saturated heterocycles. The van der Waals surface area contributed by atoms with Crippen molar-refractivity contribution in [3.05, 3.63) is 65.6 Å². The van der Waals surface area contributed by atoms with Crippen LogP contribution in [0.4, 0.5) is 19.0 Å². The van der Waals surface area contributed by atoms with Crippen molar-refractivity contribution in [2.45, 2.75) is 26.2 Å². The number of amides is 1. The average Bonchev–Trinajstić information content (AvgIpc) is 3.19. The molecule has 2 heterocycles. The van der Waals surface area contributed by atoms with Crippen LogP contribution in [0.3, 0.4) is 0 Å². The average molecular weight is 363 g/mol. The molecule has 136 valence electrons. The van der Waals surface area contributed by atoms with E-state index in [4.69, 9.17) is 0 Å². The number of nitrogens with zero attached hydrogens (tertiary/aromatic N) is 4. The maximum Gasteiger partial charge on any atom is 0.435 e. The van der Waals surface area contributed by atoms with Gasteiger partial charge in [-0.3, -0.25) is 14.2 Å². The molecule has 6 nitrogen and oxygen atoms in total. The van der Waals surface area contributed by atoms with Crippen molar-refractivity contribution in [1.29, 1.82) is 0 Å². The molecule has 0 radical (unpaired) electrons. The predicted molar refractivity (Wildman–Crippen MR) is 88.4 cm³/mol. The molecule has 3 rings (SSSR count). The van der Waals surface area contributed by atoms with Crippen LogP contribution in [0.2, 0.25) is 0 Å². The van der Waals surface area contributed by atoms with Crippen molar-refractivity contribution in [3.63, 3.8) is 0 Å². The lowest BCUT2D eigenvalue weighted by atomic mass is 10.1. The molecule has 0 unspecified atom stereocenters. The smallest absolute Gasteiger partial charge is 0.308 e. The van der Waals surface area contributed by atoms with Crippen molar-refractivity contribution in [2.24, 2.45) is 0 Å². The van der Waals surface area contributed by atoms with E-state index in [1.807, 2.05) is 31.2 Å². The molecule has 1 aromatic carbocycles. The molecule has 0 aliphatic carbocycles. The first kappa shape index (κ1) is 17.7. The number of anilines is 1. The highest BCUT2D eigenvalue weighted by Gasteiger charge is 2.33. The summed E-state index contributed by atoms with van der Waals surface area (Å²) in [7, 11) is 0. The van der Waals surface area contributed by atoms with Crippen LogP contribution in [0, 0.1) is 6.92 Å². The molecule has 9 heteroatoms. The second-order valence-corrected chi connectivity index (χ2v) is 5.77. The number of aryl methyl sites for hydroxylation is 1. The quantitative estimate of drug-likeness (QED) is 0.758. The lowest BCUT2D eigenvalue weighted by molar-refractivity contribution is -0.141. The monoisotopic (exact) mass is 363 g/mol. The molecule has 0 saturated carbocycles. The number of rotatable bonds is 5. The van der Waals surface area contributed by atoms with E-state index in [0.29, 0.717) is 12.4 Å². The summed E-state index contributed by atoms with van der Waals surface area (Å²) in [5, 5.41) is 10.1. The van der Waals surface area contributed by atoms with Crippen LogP contribution >= 0.6 is 0 Å². The number of hydrogen-bond donors (Lipinski definition) is 1. The summed E-state index contributed by atoms with van der Waals surface area (Å²) in [5.41, 5.74) is 1.20. The van der Waals surface area contributed by atoms with Crippen LogP contribution < -0.4 is 5.32 Å². The lowest BCUT2D eigenvalue weighted by Crippen LogP contribution is -2.20. The van der Waals surface area contributed by atoms with Crippen molar-refractivity contribution in [1.82, 2.24) is 19.6 Å². The fourth-order valence-corrected chi connectivity index (χ4v) is 2.41. The Balaban J connectivity index is 1.59. The van der Waals surface area contributed by atoms with E-state index in [0.717, 1.165) is 28.1 Å². The van der Waals surface area contributed by atoms with Crippen molar-refractivity contribution < 1.29 is 18.0 Å². The molecule has 0 aliphatic rings. The van der Waals surface area contributed by atoms with Crippen LogP contribution in [-0.4, -0.2) is 25.5 Å². The normalized spacial score (nSPS) is 11.5. The van der Waals surface area contributed by atoms with Crippen molar-refractivity contribution >= 4 is 11.7 Å². The second-order valence-electron chi connectivity index (χ2n) is 5.77.